The fourth-order valence-electron chi connectivity index (χ4n) is 3.38. The molecule has 0 amide bonds. The van der Waals surface area contributed by atoms with Gasteiger partial charge in [-0.25, -0.2) is 0 Å². The minimum absolute atomic E-state index is 0.167. The number of aliphatic hydroxyl groups excluding tert-OH is 2. The van der Waals surface area contributed by atoms with E-state index >= 15 is 0 Å². The molecular weight excluding hydrogens is 392 g/mol. The lowest BCUT2D eigenvalue weighted by atomic mass is 10.0. The normalized spacial score (nSPS) is 15.3. The van der Waals surface area contributed by atoms with E-state index in [1.807, 2.05) is 13.8 Å². The first-order valence-electron chi connectivity index (χ1n) is 12.4. The van der Waals surface area contributed by atoms with Crippen LogP contribution in [0.2, 0.25) is 0 Å². The molecule has 0 fully saturated rings. The predicted molar refractivity (Wildman–Crippen MR) is 143 cm³/mol. The van der Waals surface area contributed by atoms with Crippen LogP contribution >= 0.6 is 0 Å². The monoisotopic (exact) mass is 442 g/mol. The number of aliphatic hydroxyl groups is 2. The lowest BCUT2D eigenvalue weighted by Crippen LogP contribution is -2.06. The van der Waals surface area contributed by atoms with Crippen molar-refractivity contribution in [2.75, 3.05) is 6.61 Å². The maximum atomic E-state index is 9.82. The Morgan fingerprint density at radius 3 is 1.31 bits per heavy atom. The maximum Gasteiger partial charge on any atom is 0.0747 e. The number of unbranched alkanes of at least 4 members (excludes halogenated alkanes) is 1. The van der Waals surface area contributed by atoms with Gasteiger partial charge in [-0.2, -0.15) is 0 Å². The highest BCUT2D eigenvalue weighted by Crippen LogP contribution is 2.15. The average Bonchev–Trinajstić information content (AvgIpc) is 2.74. The van der Waals surface area contributed by atoms with Gasteiger partial charge in [0.05, 0.1) is 12.7 Å². The lowest BCUT2D eigenvalue weighted by Gasteiger charge is -2.09. The minimum atomic E-state index is -0.374. The molecule has 0 heterocycles. The summed E-state index contributed by atoms with van der Waals surface area (Å²) in [7, 11) is 0. The first kappa shape index (κ1) is 30.4. The first-order chi connectivity index (χ1) is 15.1. The van der Waals surface area contributed by atoms with Crippen LogP contribution in [0.4, 0.5) is 0 Å². The summed E-state index contributed by atoms with van der Waals surface area (Å²) in [5.41, 5.74) is 7.65. The highest BCUT2D eigenvalue weighted by molar-refractivity contribution is 5.08. The number of hydrogen-bond acceptors (Lipinski definition) is 2. The van der Waals surface area contributed by atoms with Gasteiger partial charge in [0.1, 0.15) is 0 Å². The Kier molecular flexibility index (Phi) is 17.9. The molecule has 0 aliphatic rings. The van der Waals surface area contributed by atoms with Crippen LogP contribution in [0.3, 0.4) is 0 Å². The van der Waals surface area contributed by atoms with E-state index in [1.54, 1.807) is 0 Å². The lowest BCUT2D eigenvalue weighted by molar-refractivity contribution is 0.201. The zero-order valence-electron chi connectivity index (χ0n) is 21.8. The summed E-state index contributed by atoms with van der Waals surface area (Å²) in [5, 5.41) is 18.8. The Hall–Kier alpha value is -1.64. The van der Waals surface area contributed by atoms with E-state index in [-0.39, 0.29) is 12.7 Å². The second-order valence-electron chi connectivity index (χ2n) is 9.50. The van der Waals surface area contributed by atoms with Gasteiger partial charge in [-0.1, -0.05) is 70.4 Å². The molecule has 0 rings (SSSR count). The van der Waals surface area contributed by atoms with Gasteiger partial charge in [-0.3, -0.25) is 0 Å². The van der Waals surface area contributed by atoms with Crippen LogP contribution in [-0.2, 0) is 0 Å². The Labute approximate surface area is 199 Å². The predicted octanol–water partition coefficient (Wildman–Crippen LogP) is 8.55. The summed E-state index contributed by atoms with van der Waals surface area (Å²) in [5.74, 6) is 0. The molecule has 2 N–H and O–H groups in total. The van der Waals surface area contributed by atoms with Crippen molar-refractivity contribution in [2.24, 2.45) is 0 Å². The van der Waals surface area contributed by atoms with Gasteiger partial charge >= 0.3 is 0 Å². The second kappa shape index (κ2) is 18.9. The molecule has 0 bridgehead atoms. The van der Waals surface area contributed by atoms with Gasteiger partial charge in [0, 0.05) is 0 Å². The van der Waals surface area contributed by atoms with Crippen LogP contribution in [0.5, 0.6) is 0 Å². The molecule has 0 aromatic heterocycles. The molecule has 32 heavy (non-hydrogen) atoms. The zero-order valence-corrected chi connectivity index (χ0v) is 21.8. The Morgan fingerprint density at radius 2 is 0.938 bits per heavy atom. The third-order valence-electron chi connectivity index (χ3n) is 5.88. The molecule has 1 unspecified atom stereocenters. The van der Waals surface area contributed by atoms with Crippen LogP contribution in [0.15, 0.2) is 70.4 Å². The van der Waals surface area contributed by atoms with Gasteiger partial charge < -0.3 is 10.2 Å². The van der Waals surface area contributed by atoms with E-state index in [0.29, 0.717) is 0 Å². The Bertz CT molecular complexity index is 686. The molecule has 0 aromatic rings. The largest absolute Gasteiger partial charge is 0.392 e. The highest BCUT2D eigenvalue weighted by atomic mass is 16.3. The van der Waals surface area contributed by atoms with E-state index in [9.17, 15) is 5.11 Å². The summed E-state index contributed by atoms with van der Waals surface area (Å²) >= 11 is 0. The second-order valence-corrected chi connectivity index (χ2v) is 9.50. The van der Waals surface area contributed by atoms with E-state index in [4.69, 9.17) is 5.11 Å². The van der Waals surface area contributed by atoms with Crippen molar-refractivity contribution in [3.63, 3.8) is 0 Å². The molecule has 0 spiro atoms. The Morgan fingerprint density at radius 1 is 0.594 bits per heavy atom. The maximum absolute atomic E-state index is 9.82. The van der Waals surface area contributed by atoms with Crippen molar-refractivity contribution in [3.05, 3.63) is 70.4 Å². The Balaban J connectivity index is 4.09. The first-order valence-corrected chi connectivity index (χ1v) is 12.4. The zero-order chi connectivity index (χ0) is 24.4. The van der Waals surface area contributed by atoms with Gasteiger partial charge in [-0.05, 0) is 106 Å². The number of hydrogen-bond donors (Lipinski definition) is 2. The molecule has 1 atom stereocenters. The number of rotatable bonds is 17. The van der Waals surface area contributed by atoms with Crippen molar-refractivity contribution in [2.45, 2.75) is 112 Å². The molecule has 0 saturated carbocycles. The van der Waals surface area contributed by atoms with Gasteiger partial charge in [0.15, 0.2) is 0 Å². The smallest absolute Gasteiger partial charge is 0.0747 e. The average molecular weight is 443 g/mol. The van der Waals surface area contributed by atoms with Gasteiger partial charge in [0.2, 0.25) is 0 Å². The summed E-state index contributed by atoms with van der Waals surface area (Å²) in [6, 6.07) is 0. The summed E-state index contributed by atoms with van der Waals surface area (Å²) in [6.07, 6.45) is 21.7. The summed E-state index contributed by atoms with van der Waals surface area (Å²) in [4.78, 5) is 0. The van der Waals surface area contributed by atoms with Crippen molar-refractivity contribution >= 4 is 0 Å². The van der Waals surface area contributed by atoms with Crippen molar-refractivity contribution in [1.29, 1.82) is 0 Å². The molecule has 182 valence electrons. The minimum Gasteiger partial charge on any atom is -0.392 e. The van der Waals surface area contributed by atoms with Gasteiger partial charge in [0.25, 0.3) is 0 Å². The third-order valence-corrected chi connectivity index (χ3v) is 5.88. The van der Waals surface area contributed by atoms with E-state index < -0.39 is 0 Å². The summed E-state index contributed by atoms with van der Waals surface area (Å²) < 4.78 is 0. The third kappa shape index (κ3) is 18.0. The van der Waals surface area contributed by atoms with Crippen LogP contribution in [0, 0.1) is 0 Å². The van der Waals surface area contributed by atoms with E-state index in [1.165, 1.54) is 22.3 Å². The molecule has 0 aliphatic carbocycles. The van der Waals surface area contributed by atoms with Gasteiger partial charge in [-0.15, -0.1) is 0 Å². The summed E-state index contributed by atoms with van der Waals surface area (Å²) in [6.45, 7) is 16.7. The van der Waals surface area contributed by atoms with Crippen LogP contribution in [0.1, 0.15) is 106 Å². The molecule has 0 aliphatic heterocycles. The molecule has 0 aromatic carbocycles. The molecule has 0 saturated heterocycles. The molecule has 0 radical (unpaired) electrons. The highest BCUT2D eigenvalue weighted by Gasteiger charge is 2.04. The van der Waals surface area contributed by atoms with Crippen LogP contribution in [-0.4, -0.2) is 22.9 Å². The van der Waals surface area contributed by atoms with Crippen LogP contribution < -0.4 is 0 Å². The number of allylic oxidation sites excluding steroid dienone is 9. The topological polar surface area (TPSA) is 40.5 Å². The van der Waals surface area contributed by atoms with Crippen molar-refractivity contribution in [3.8, 4) is 0 Å². The molecule has 2 nitrogen and oxygen atoms in total. The van der Waals surface area contributed by atoms with E-state index in [2.05, 4.69) is 64.7 Å². The van der Waals surface area contributed by atoms with Crippen molar-refractivity contribution in [1.82, 2.24) is 0 Å². The standard InChI is InChI=1S/C30H50O2/c1-24(2)30(32)22-21-28(6)19-11-16-26(4)14-9-8-13-25(3)15-10-17-27(5)18-12-20-29(7)23-31/h13-14,17,19-20,30-32H,1,8-12,15-16,18,21-23H2,2-7H3/b25-13+,26-14+,27-17+,28-19+,29-20+. The fraction of sp³-hybridized carbons (Fsp3) is 0.600. The van der Waals surface area contributed by atoms with Crippen LogP contribution in [0.25, 0.3) is 0 Å². The molecular formula is C30H50O2. The SMILES string of the molecule is C=C(C)C(O)CC/C(C)=C/CC/C(C)=C/CC/C=C(\C)CC/C=C(\C)CC/C=C(\C)CO. The fourth-order valence-corrected chi connectivity index (χ4v) is 3.38. The van der Waals surface area contributed by atoms with E-state index in [0.717, 1.165) is 75.4 Å². The van der Waals surface area contributed by atoms with Crippen molar-refractivity contribution < 1.29 is 10.2 Å². The molecule has 2 heteroatoms. The quantitative estimate of drug-likeness (QED) is 0.175.